The number of hydrogen-bond donors (Lipinski definition) is 1. The molecule has 2 aromatic carbocycles. The number of rotatable bonds is 5. The van der Waals surface area contributed by atoms with Crippen LogP contribution in [0, 0.1) is 13.8 Å². The van der Waals surface area contributed by atoms with Crippen LogP contribution in [0.1, 0.15) is 11.4 Å². The summed E-state index contributed by atoms with van der Waals surface area (Å²) in [6.45, 7) is 3.04. The van der Waals surface area contributed by atoms with Crippen LogP contribution in [0.4, 0.5) is 5.69 Å². The van der Waals surface area contributed by atoms with Crippen LogP contribution >= 0.6 is 0 Å². The Morgan fingerprint density at radius 3 is 1.92 bits per heavy atom. The molecule has 1 heterocycles. The number of para-hydroxylation sites is 1. The van der Waals surface area contributed by atoms with Gasteiger partial charge in [-0.15, -0.1) is 0 Å². The molecule has 8 heteroatoms. The van der Waals surface area contributed by atoms with Gasteiger partial charge in [0.2, 0.25) is 0 Å². The Kier molecular flexibility index (Phi) is 4.64. The fourth-order valence-electron chi connectivity index (χ4n) is 2.77. The molecule has 3 rings (SSSR count). The van der Waals surface area contributed by atoms with Crippen molar-refractivity contribution in [2.45, 2.75) is 23.6 Å². The molecule has 0 aliphatic rings. The Labute approximate surface area is 153 Å². The van der Waals surface area contributed by atoms with E-state index in [1.807, 2.05) is 0 Å². The molecule has 0 unspecified atom stereocenters. The first-order valence-electron chi connectivity index (χ1n) is 7.81. The molecule has 1 N–H and O–H groups in total. The number of nitrogens with one attached hydrogen (secondary N) is 1. The number of sulfonamides is 1. The SMILES string of the molecule is Cc1cc(S(=O)(=O)Nc2ccccc2)c(C)n1S(=O)(=O)c1ccccc1. The second kappa shape index (κ2) is 6.62. The minimum absolute atomic E-state index is 0.0710. The average Bonchev–Trinajstić information content (AvgIpc) is 2.92. The highest BCUT2D eigenvalue weighted by Crippen LogP contribution is 2.27. The van der Waals surface area contributed by atoms with Gasteiger partial charge < -0.3 is 0 Å². The lowest BCUT2D eigenvalue weighted by atomic mass is 10.3. The van der Waals surface area contributed by atoms with E-state index in [1.165, 1.54) is 25.1 Å². The van der Waals surface area contributed by atoms with E-state index in [2.05, 4.69) is 4.72 Å². The molecule has 0 aliphatic carbocycles. The zero-order valence-electron chi connectivity index (χ0n) is 14.2. The van der Waals surface area contributed by atoms with E-state index in [0.29, 0.717) is 11.4 Å². The van der Waals surface area contributed by atoms with Crippen molar-refractivity contribution in [3.63, 3.8) is 0 Å². The van der Waals surface area contributed by atoms with E-state index in [0.717, 1.165) is 3.97 Å². The first-order chi connectivity index (χ1) is 12.2. The van der Waals surface area contributed by atoms with Gasteiger partial charge in [0.25, 0.3) is 20.0 Å². The van der Waals surface area contributed by atoms with Gasteiger partial charge in [-0.25, -0.2) is 20.8 Å². The fourth-order valence-corrected chi connectivity index (χ4v) is 5.80. The molecule has 0 radical (unpaired) electrons. The van der Waals surface area contributed by atoms with Crippen LogP contribution in [0.5, 0.6) is 0 Å². The van der Waals surface area contributed by atoms with E-state index in [-0.39, 0.29) is 15.5 Å². The normalized spacial score (nSPS) is 12.1. The van der Waals surface area contributed by atoms with Gasteiger partial charge in [-0.2, -0.15) is 0 Å². The third kappa shape index (κ3) is 3.25. The second-order valence-corrected chi connectivity index (χ2v) is 9.23. The number of anilines is 1. The van der Waals surface area contributed by atoms with Crippen molar-refractivity contribution in [1.82, 2.24) is 3.97 Å². The molecule has 6 nitrogen and oxygen atoms in total. The summed E-state index contributed by atoms with van der Waals surface area (Å²) in [6.07, 6.45) is 0. The predicted molar refractivity (Wildman–Crippen MR) is 100 cm³/mol. The molecule has 0 amide bonds. The van der Waals surface area contributed by atoms with Crippen molar-refractivity contribution in [3.05, 3.63) is 78.1 Å². The molecular weight excluding hydrogens is 372 g/mol. The number of hydrogen-bond acceptors (Lipinski definition) is 4. The summed E-state index contributed by atoms with van der Waals surface area (Å²) in [5.41, 5.74) is 0.859. The molecule has 0 atom stereocenters. The van der Waals surface area contributed by atoms with Gasteiger partial charge in [0.1, 0.15) is 4.90 Å². The molecule has 1 aromatic heterocycles. The highest BCUT2D eigenvalue weighted by Gasteiger charge is 2.28. The summed E-state index contributed by atoms with van der Waals surface area (Å²) < 4.78 is 54.8. The number of benzene rings is 2. The van der Waals surface area contributed by atoms with Gasteiger partial charge in [-0.05, 0) is 44.2 Å². The topological polar surface area (TPSA) is 85.2 Å². The molecule has 0 bridgehead atoms. The molecule has 0 saturated heterocycles. The van der Waals surface area contributed by atoms with E-state index < -0.39 is 20.0 Å². The van der Waals surface area contributed by atoms with Gasteiger partial charge in [-0.3, -0.25) is 4.72 Å². The highest BCUT2D eigenvalue weighted by molar-refractivity contribution is 7.93. The van der Waals surface area contributed by atoms with Crippen LogP contribution in [-0.2, 0) is 20.0 Å². The van der Waals surface area contributed by atoms with E-state index in [4.69, 9.17) is 0 Å². The van der Waals surface area contributed by atoms with Crippen LogP contribution in [-0.4, -0.2) is 20.8 Å². The Morgan fingerprint density at radius 1 is 0.808 bits per heavy atom. The van der Waals surface area contributed by atoms with Crippen molar-refractivity contribution in [1.29, 1.82) is 0 Å². The van der Waals surface area contributed by atoms with Gasteiger partial charge in [0.05, 0.1) is 10.6 Å². The van der Waals surface area contributed by atoms with Crippen LogP contribution in [0.15, 0.2) is 76.5 Å². The Morgan fingerprint density at radius 2 is 1.35 bits per heavy atom. The molecule has 26 heavy (non-hydrogen) atoms. The Bertz CT molecular complexity index is 1130. The largest absolute Gasteiger partial charge is 0.280 e. The molecule has 0 spiro atoms. The van der Waals surface area contributed by atoms with E-state index >= 15 is 0 Å². The lowest BCUT2D eigenvalue weighted by Gasteiger charge is -2.12. The number of aromatic nitrogens is 1. The third-order valence-electron chi connectivity index (χ3n) is 3.92. The zero-order valence-corrected chi connectivity index (χ0v) is 15.9. The molecule has 0 saturated carbocycles. The highest BCUT2D eigenvalue weighted by atomic mass is 32.2. The maximum Gasteiger partial charge on any atom is 0.268 e. The fraction of sp³-hybridized carbons (Fsp3) is 0.111. The summed E-state index contributed by atoms with van der Waals surface area (Å²) >= 11 is 0. The Balaban J connectivity index is 2.09. The maximum absolute atomic E-state index is 12.9. The zero-order chi connectivity index (χ0) is 18.9. The summed E-state index contributed by atoms with van der Waals surface area (Å²) in [5.74, 6) is 0. The van der Waals surface area contributed by atoms with Crippen LogP contribution in [0.2, 0.25) is 0 Å². The van der Waals surface area contributed by atoms with Crippen LogP contribution < -0.4 is 4.72 Å². The minimum atomic E-state index is -3.92. The second-order valence-electron chi connectivity index (χ2n) is 5.79. The van der Waals surface area contributed by atoms with Crippen molar-refractivity contribution < 1.29 is 16.8 Å². The summed E-state index contributed by atoms with van der Waals surface area (Å²) in [5, 5.41) is 0. The molecular formula is C18H18N2O4S2. The summed E-state index contributed by atoms with van der Waals surface area (Å²) in [7, 11) is -7.81. The smallest absolute Gasteiger partial charge is 0.268 e. The molecule has 3 aromatic rings. The van der Waals surface area contributed by atoms with Crippen molar-refractivity contribution in [2.75, 3.05) is 4.72 Å². The van der Waals surface area contributed by atoms with Gasteiger partial charge in [0.15, 0.2) is 0 Å². The average molecular weight is 390 g/mol. The van der Waals surface area contributed by atoms with Crippen molar-refractivity contribution in [2.24, 2.45) is 0 Å². The summed E-state index contributed by atoms with van der Waals surface area (Å²) in [4.78, 5) is 0.0279. The van der Waals surface area contributed by atoms with Gasteiger partial charge in [-0.1, -0.05) is 36.4 Å². The predicted octanol–water partition coefficient (Wildman–Crippen LogP) is 3.14. The molecule has 0 aliphatic heterocycles. The van der Waals surface area contributed by atoms with Gasteiger partial charge in [0, 0.05) is 11.4 Å². The number of aryl methyl sites for hydroxylation is 1. The van der Waals surface area contributed by atoms with E-state index in [9.17, 15) is 16.8 Å². The summed E-state index contributed by atoms with van der Waals surface area (Å²) in [6, 6.07) is 17.7. The van der Waals surface area contributed by atoms with Crippen molar-refractivity contribution >= 4 is 25.7 Å². The van der Waals surface area contributed by atoms with Crippen molar-refractivity contribution in [3.8, 4) is 0 Å². The maximum atomic E-state index is 12.9. The molecule has 136 valence electrons. The van der Waals surface area contributed by atoms with Crippen LogP contribution in [0.3, 0.4) is 0 Å². The monoisotopic (exact) mass is 390 g/mol. The quantitative estimate of drug-likeness (QED) is 0.725. The van der Waals surface area contributed by atoms with Crippen LogP contribution in [0.25, 0.3) is 0 Å². The molecule has 0 fully saturated rings. The third-order valence-corrected chi connectivity index (χ3v) is 7.33. The Hall–Kier alpha value is -2.58. The first kappa shape index (κ1) is 18.2. The number of nitrogens with zero attached hydrogens (tertiary/aromatic N) is 1. The standard InChI is InChI=1S/C18H18N2O4S2/c1-14-13-18(25(21,22)19-16-9-5-3-6-10-16)15(2)20(14)26(23,24)17-11-7-4-8-12-17/h3-13,19H,1-2H3. The lowest BCUT2D eigenvalue weighted by Crippen LogP contribution is -2.18. The first-order valence-corrected chi connectivity index (χ1v) is 10.7. The van der Waals surface area contributed by atoms with E-state index in [1.54, 1.807) is 55.5 Å². The minimum Gasteiger partial charge on any atom is -0.280 e. The van der Waals surface area contributed by atoms with Gasteiger partial charge >= 0.3 is 0 Å². The lowest BCUT2D eigenvalue weighted by molar-refractivity contribution is 0.584.